The van der Waals surface area contributed by atoms with E-state index in [4.69, 9.17) is 0 Å². The molecule has 0 aliphatic rings. The second-order valence-corrected chi connectivity index (χ2v) is 3.53. The van der Waals surface area contributed by atoms with Crippen molar-refractivity contribution < 1.29 is 0 Å². The van der Waals surface area contributed by atoms with Crippen molar-refractivity contribution in [1.29, 1.82) is 0 Å². The molecule has 72 valence electrons. The number of hydrogen-bond donors (Lipinski definition) is 0. The maximum absolute atomic E-state index is 4.45. The molecule has 0 fully saturated rings. The van der Waals surface area contributed by atoms with Gasteiger partial charge in [-0.25, -0.2) is 9.97 Å². The van der Waals surface area contributed by atoms with Crippen LogP contribution in [0.5, 0.6) is 0 Å². The number of rotatable bonds is 1. The van der Waals surface area contributed by atoms with Gasteiger partial charge in [-0.2, -0.15) is 0 Å². The summed E-state index contributed by atoms with van der Waals surface area (Å²) in [5.74, 6) is 0.914. The third-order valence-electron chi connectivity index (χ3n) is 2.15. The van der Waals surface area contributed by atoms with Gasteiger partial charge in [0.05, 0.1) is 0 Å². The Morgan fingerprint density at radius 3 is 2.57 bits per heavy atom. The Morgan fingerprint density at radius 2 is 2.00 bits per heavy atom. The maximum Gasteiger partial charge on any atom is 0.158 e. The normalized spacial score (nSPS) is 10.5. The van der Waals surface area contributed by atoms with Crippen LogP contribution in [0.2, 0.25) is 0 Å². The highest BCUT2D eigenvalue weighted by Crippen LogP contribution is 2.15. The summed E-state index contributed by atoms with van der Waals surface area (Å²) in [5.41, 5.74) is 3.19. The number of hydrogen-bond acceptors (Lipinski definition) is 2. The van der Waals surface area contributed by atoms with Crippen LogP contribution in [-0.2, 0) is 7.05 Å². The molecule has 0 radical (unpaired) electrons. The molecule has 0 saturated heterocycles. The first-order valence-corrected chi connectivity index (χ1v) is 4.60. The predicted octanol–water partition coefficient (Wildman–Crippen LogP) is 2.10. The summed E-state index contributed by atoms with van der Waals surface area (Å²) in [5, 5.41) is 0. The van der Waals surface area contributed by atoms with Gasteiger partial charge in [-0.15, -0.1) is 0 Å². The summed E-state index contributed by atoms with van der Waals surface area (Å²) in [6.45, 7) is 4.07. The molecule has 0 aliphatic heterocycles. The largest absolute Gasteiger partial charge is 0.333 e. The molecule has 0 aromatic carbocycles. The second-order valence-electron chi connectivity index (χ2n) is 3.53. The zero-order chi connectivity index (χ0) is 10.1. The van der Waals surface area contributed by atoms with Crippen molar-refractivity contribution in [1.82, 2.24) is 14.5 Å². The van der Waals surface area contributed by atoms with E-state index in [0.717, 1.165) is 17.2 Å². The highest BCUT2D eigenvalue weighted by atomic mass is 15.0. The summed E-state index contributed by atoms with van der Waals surface area (Å²) >= 11 is 0. The zero-order valence-electron chi connectivity index (χ0n) is 8.65. The lowest BCUT2D eigenvalue weighted by molar-refractivity contribution is 0.915. The van der Waals surface area contributed by atoms with Gasteiger partial charge >= 0.3 is 0 Å². The Labute approximate surface area is 83.4 Å². The van der Waals surface area contributed by atoms with E-state index < -0.39 is 0 Å². The van der Waals surface area contributed by atoms with Crippen molar-refractivity contribution in [3.63, 3.8) is 0 Å². The molecule has 0 bridgehead atoms. The number of nitrogens with zero attached hydrogens (tertiary/aromatic N) is 3. The van der Waals surface area contributed by atoms with E-state index in [1.165, 1.54) is 5.56 Å². The molecule has 2 rings (SSSR count). The van der Waals surface area contributed by atoms with Crippen LogP contribution in [0.3, 0.4) is 0 Å². The van der Waals surface area contributed by atoms with Crippen LogP contribution in [0, 0.1) is 13.8 Å². The topological polar surface area (TPSA) is 30.7 Å². The molecule has 0 N–H and O–H groups in total. The lowest BCUT2D eigenvalue weighted by Crippen LogP contribution is -1.95. The smallest absolute Gasteiger partial charge is 0.158 e. The van der Waals surface area contributed by atoms with E-state index in [9.17, 15) is 0 Å². The van der Waals surface area contributed by atoms with Gasteiger partial charge in [0.25, 0.3) is 0 Å². The van der Waals surface area contributed by atoms with Gasteiger partial charge in [-0.3, -0.25) is 0 Å². The minimum atomic E-state index is 0.914. The van der Waals surface area contributed by atoms with Gasteiger partial charge in [0, 0.05) is 25.1 Å². The number of aryl methyl sites for hydroxylation is 3. The van der Waals surface area contributed by atoms with E-state index >= 15 is 0 Å². The Morgan fingerprint density at radius 1 is 1.21 bits per heavy atom. The van der Waals surface area contributed by atoms with Gasteiger partial charge in [-0.05, 0) is 31.5 Å². The van der Waals surface area contributed by atoms with Gasteiger partial charge in [0.15, 0.2) is 5.82 Å². The fourth-order valence-corrected chi connectivity index (χ4v) is 1.57. The number of aromatic nitrogens is 3. The molecule has 3 heteroatoms. The van der Waals surface area contributed by atoms with E-state index in [0.29, 0.717) is 0 Å². The molecule has 0 unspecified atom stereocenters. The van der Waals surface area contributed by atoms with Crippen molar-refractivity contribution in [3.05, 3.63) is 35.8 Å². The molecule has 0 amide bonds. The maximum atomic E-state index is 4.45. The Kier molecular flexibility index (Phi) is 2.08. The van der Waals surface area contributed by atoms with Crippen LogP contribution in [0.15, 0.2) is 24.5 Å². The molecule has 0 spiro atoms. The van der Waals surface area contributed by atoms with Crippen molar-refractivity contribution in [2.45, 2.75) is 13.8 Å². The molecule has 3 nitrogen and oxygen atoms in total. The predicted molar refractivity (Wildman–Crippen MR) is 55.9 cm³/mol. The van der Waals surface area contributed by atoms with E-state index in [-0.39, 0.29) is 0 Å². The van der Waals surface area contributed by atoms with Gasteiger partial charge in [0.1, 0.15) is 5.69 Å². The van der Waals surface area contributed by atoms with Crippen LogP contribution >= 0.6 is 0 Å². The average Bonchev–Trinajstić information content (AvgIpc) is 2.49. The minimum absolute atomic E-state index is 0.914. The summed E-state index contributed by atoms with van der Waals surface area (Å²) in [6, 6.07) is 4.11. The Hall–Kier alpha value is -1.64. The quantitative estimate of drug-likeness (QED) is 0.684. The van der Waals surface area contributed by atoms with Gasteiger partial charge in [-0.1, -0.05) is 0 Å². The highest BCUT2D eigenvalue weighted by molar-refractivity contribution is 5.51. The number of imidazole rings is 1. The van der Waals surface area contributed by atoms with Gasteiger partial charge in [0.2, 0.25) is 0 Å². The number of pyridine rings is 1. The molecule has 0 aliphatic carbocycles. The average molecular weight is 187 g/mol. The minimum Gasteiger partial charge on any atom is -0.333 e. The van der Waals surface area contributed by atoms with Crippen molar-refractivity contribution >= 4 is 0 Å². The fraction of sp³-hybridized carbons (Fsp3) is 0.273. The monoisotopic (exact) mass is 187 g/mol. The molecule has 14 heavy (non-hydrogen) atoms. The van der Waals surface area contributed by atoms with Gasteiger partial charge < -0.3 is 4.57 Å². The zero-order valence-corrected chi connectivity index (χ0v) is 8.65. The van der Waals surface area contributed by atoms with Crippen LogP contribution < -0.4 is 0 Å². The summed E-state index contributed by atoms with van der Waals surface area (Å²) < 4.78 is 1.97. The van der Waals surface area contributed by atoms with Crippen molar-refractivity contribution in [3.8, 4) is 11.5 Å². The molecule has 2 heterocycles. The molecule has 0 saturated carbocycles. The molecular formula is C11H13N3. The van der Waals surface area contributed by atoms with Crippen molar-refractivity contribution in [2.75, 3.05) is 0 Å². The first kappa shape index (κ1) is 8.94. The second kappa shape index (κ2) is 3.25. The lowest BCUT2D eigenvalue weighted by Gasteiger charge is -2.03. The first-order valence-electron chi connectivity index (χ1n) is 4.60. The molecule has 2 aromatic heterocycles. The Bertz CT molecular complexity index is 437. The van der Waals surface area contributed by atoms with Crippen LogP contribution in [0.25, 0.3) is 11.5 Å². The molecule has 0 atom stereocenters. The molecule has 2 aromatic rings. The van der Waals surface area contributed by atoms with Crippen molar-refractivity contribution in [2.24, 2.45) is 7.05 Å². The summed E-state index contributed by atoms with van der Waals surface area (Å²) in [7, 11) is 1.97. The first-order chi connectivity index (χ1) is 6.66. The third-order valence-corrected chi connectivity index (χ3v) is 2.15. The van der Waals surface area contributed by atoms with E-state index in [1.807, 2.05) is 24.7 Å². The standard InChI is InChI=1S/C11H13N3/c1-8-6-9(2)13-10(7-8)11-12-4-5-14(11)3/h4-7H,1-3H3. The van der Waals surface area contributed by atoms with Crippen LogP contribution in [0.1, 0.15) is 11.3 Å². The third kappa shape index (κ3) is 1.53. The lowest BCUT2D eigenvalue weighted by atomic mass is 10.2. The van der Waals surface area contributed by atoms with E-state index in [1.54, 1.807) is 6.20 Å². The van der Waals surface area contributed by atoms with Crippen LogP contribution in [-0.4, -0.2) is 14.5 Å². The SMILES string of the molecule is Cc1cc(C)nc(-c2nccn2C)c1. The summed E-state index contributed by atoms with van der Waals surface area (Å²) in [4.78, 5) is 8.72. The van der Waals surface area contributed by atoms with E-state index in [2.05, 4.69) is 29.0 Å². The summed E-state index contributed by atoms with van der Waals surface area (Å²) in [6.07, 6.45) is 3.71. The Balaban J connectivity index is 2.57. The highest BCUT2D eigenvalue weighted by Gasteiger charge is 2.05. The fourth-order valence-electron chi connectivity index (χ4n) is 1.57. The molecular weight excluding hydrogens is 174 g/mol. The van der Waals surface area contributed by atoms with Crippen LogP contribution in [0.4, 0.5) is 0 Å².